The van der Waals surface area contributed by atoms with E-state index in [0.29, 0.717) is 17.7 Å². The maximum absolute atomic E-state index is 12.0. The molecule has 6 heteroatoms. The molecule has 2 N–H and O–H groups in total. The van der Waals surface area contributed by atoms with Crippen LogP contribution in [0.2, 0.25) is 0 Å². The minimum atomic E-state index is -1.01. The van der Waals surface area contributed by atoms with E-state index in [1.54, 1.807) is 27.1 Å². The highest BCUT2D eigenvalue weighted by Gasteiger charge is 2.26. The number of carbonyl (C=O) groups excluding carboxylic acids is 1. The molecule has 100 valence electrons. The standard InChI is InChI=1S/C12H19N3O3/c1-5-7(2)10(12(17)18)13-11(16)9-6-15(4)14-8(9)3/h6-7,10H,5H2,1-4H3,(H,13,16)(H,17,18)/t7?,10-/m0/s1. The van der Waals surface area contributed by atoms with Gasteiger partial charge in [0.25, 0.3) is 5.91 Å². The van der Waals surface area contributed by atoms with Crippen LogP contribution in [0.15, 0.2) is 6.20 Å². The second kappa shape index (κ2) is 5.66. The quantitative estimate of drug-likeness (QED) is 0.818. The number of nitrogens with one attached hydrogen (secondary N) is 1. The minimum Gasteiger partial charge on any atom is -0.480 e. The van der Waals surface area contributed by atoms with Crippen molar-refractivity contribution in [1.29, 1.82) is 0 Å². The average Bonchev–Trinajstić information content (AvgIpc) is 2.63. The van der Waals surface area contributed by atoms with Crippen LogP contribution in [-0.4, -0.2) is 32.8 Å². The van der Waals surface area contributed by atoms with E-state index in [2.05, 4.69) is 10.4 Å². The van der Waals surface area contributed by atoms with Crippen LogP contribution in [0.1, 0.15) is 36.3 Å². The maximum Gasteiger partial charge on any atom is 0.326 e. The van der Waals surface area contributed by atoms with E-state index in [9.17, 15) is 9.59 Å². The highest BCUT2D eigenvalue weighted by Crippen LogP contribution is 2.10. The van der Waals surface area contributed by atoms with Crippen molar-refractivity contribution in [3.05, 3.63) is 17.5 Å². The molecule has 2 atom stereocenters. The van der Waals surface area contributed by atoms with Gasteiger partial charge in [-0.2, -0.15) is 5.10 Å². The van der Waals surface area contributed by atoms with Crippen molar-refractivity contribution in [3.63, 3.8) is 0 Å². The Hall–Kier alpha value is -1.85. The summed E-state index contributed by atoms with van der Waals surface area (Å²) in [4.78, 5) is 23.1. The number of nitrogens with zero attached hydrogens (tertiary/aromatic N) is 2. The fraction of sp³-hybridized carbons (Fsp3) is 0.583. The SMILES string of the molecule is CCC(C)[C@H](NC(=O)c1cn(C)nc1C)C(=O)O. The summed E-state index contributed by atoms with van der Waals surface area (Å²) in [5.74, 6) is -1.53. The van der Waals surface area contributed by atoms with E-state index < -0.39 is 17.9 Å². The second-order valence-electron chi connectivity index (χ2n) is 4.48. The number of hydrogen-bond acceptors (Lipinski definition) is 3. The average molecular weight is 253 g/mol. The third-order valence-corrected chi connectivity index (χ3v) is 3.02. The lowest BCUT2D eigenvalue weighted by molar-refractivity contribution is -0.140. The van der Waals surface area contributed by atoms with Crippen LogP contribution >= 0.6 is 0 Å². The molecule has 6 nitrogen and oxygen atoms in total. The van der Waals surface area contributed by atoms with Crippen LogP contribution in [0.5, 0.6) is 0 Å². The van der Waals surface area contributed by atoms with Gasteiger partial charge in [0.15, 0.2) is 0 Å². The first-order chi connectivity index (χ1) is 8.36. The van der Waals surface area contributed by atoms with Crippen molar-refractivity contribution in [3.8, 4) is 0 Å². The lowest BCUT2D eigenvalue weighted by Gasteiger charge is -2.19. The van der Waals surface area contributed by atoms with Crippen molar-refractivity contribution in [2.75, 3.05) is 0 Å². The van der Waals surface area contributed by atoms with Gasteiger partial charge in [-0.15, -0.1) is 0 Å². The number of aromatic nitrogens is 2. The minimum absolute atomic E-state index is 0.122. The Bertz CT molecular complexity index is 453. The Balaban J connectivity index is 2.85. The number of hydrogen-bond donors (Lipinski definition) is 2. The molecule has 1 heterocycles. The summed E-state index contributed by atoms with van der Waals surface area (Å²) >= 11 is 0. The van der Waals surface area contributed by atoms with Crippen molar-refractivity contribution < 1.29 is 14.7 Å². The molecule has 1 unspecified atom stereocenters. The Morgan fingerprint density at radius 1 is 1.56 bits per heavy atom. The highest BCUT2D eigenvalue weighted by molar-refractivity contribution is 5.97. The van der Waals surface area contributed by atoms with Crippen LogP contribution in [0.25, 0.3) is 0 Å². The van der Waals surface area contributed by atoms with Gasteiger partial charge in [0.2, 0.25) is 0 Å². The fourth-order valence-corrected chi connectivity index (χ4v) is 1.72. The third kappa shape index (κ3) is 3.09. The number of rotatable bonds is 5. The topological polar surface area (TPSA) is 84.2 Å². The molecular weight excluding hydrogens is 234 g/mol. The molecule has 0 fully saturated rings. The van der Waals surface area contributed by atoms with E-state index >= 15 is 0 Å². The van der Waals surface area contributed by atoms with Gasteiger partial charge in [0.05, 0.1) is 11.3 Å². The largest absolute Gasteiger partial charge is 0.480 e. The first-order valence-corrected chi connectivity index (χ1v) is 5.90. The lowest BCUT2D eigenvalue weighted by Crippen LogP contribution is -2.45. The summed E-state index contributed by atoms with van der Waals surface area (Å²) in [6.45, 7) is 5.41. The van der Waals surface area contributed by atoms with Gasteiger partial charge in [-0.05, 0) is 12.8 Å². The molecule has 0 aliphatic carbocycles. The van der Waals surface area contributed by atoms with Crippen LogP contribution in [0, 0.1) is 12.8 Å². The third-order valence-electron chi connectivity index (χ3n) is 3.02. The van der Waals surface area contributed by atoms with Gasteiger partial charge < -0.3 is 10.4 Å². The Morgan fingerprint density at radius 2 is 2.17 bits per heavy atom. The zero-order valence-corrected chi connectivity index (χ0v) is 11.1. The Labute approximate surface area is 106 Å². The first-order valence-electron chi connectivity index (χ1n) is 5.90. The molecule has 0 saturated carbocycles. The van der Waals surface area contributed by atoms with Crippen molar-refractivity contribution >= 4 is 11.9 Å². The molecule has 1 rings (SSSR count). The molecule has 0 bridgehead atoms. The number of aryl methyl sites for hydroxylation is 2. The summed E-state index contributed by atoms with van der Waals surface area (Å²) in [5, 5.41) is 15.7. The molecule has 1 aromatic heterocycles. The molecule has 1 aromatic rings. The fourth-order valence-electron chi connectivity index (χ4n) is 1.72. The van der Waals surface area contributed by atoms with Crippen LogP contribution in [-0.2, 0) is 11.8 Å². The van der Waals surface area contributed by atoms with Crippen molar-refractivity contribution in [2.24, 2.45) is 13.0 Å². The maximum atomic E-state index is 12.0. The van der Waals surface area contributed by atoms with Crippen molar-refractivity contribution in [1.82, 2.24) is 15.1 Å². The molecule has 0 radical (unpaired) electrons. The smallest absolute Gasteiger partial charge is 0.326 e. The van der Waals surface area contributed by atoms with E-state index in [-0.39, 0.29) is 5.92 Å². The first kappa shape index (κ1) is 14.2. The number of carboxylic acids is 1. The van der Waals surface area contributed by atoms with E-state index in [1.807, 2.05) is 6.92 Å². The van der Waals surface area contributed by atoms with Gasteiger partial charge in [-0.3, -0.25) is 9.48 Å². The van der Waals surface area contributed by atoms with Crippen molar-refractivity contribution in [2.45, 2.75) is 33.2 Å². The molecule has 1 amide bonds. The van der Waals surface area contributed by atoms with Crippen LogP contribution < -0.4 is 5.32 Å². The second-order valence-corrected chi connectivity index (χ2v) is 4.48. The van der Waals surface area contributed by atoms with E-state index in [4.69, 9.17) is 5.11 Å². The number of carbonyl (C=O) groups is 2. The summed E-state index contributed by atoms with van der Waals surface area (Å²) in [5.41, 5.74) is 0.996. The van der Waals surface area contributed by atoms with Gasteiger partial charge in [0.1, 0.15) is 6.04 Å². The van der Waals surface area contributed by atoms with Gasteiger partial charge in [-0.1, -0.05) is 20.3 Å². The molecule has 0 aliphatic heterocycles. The Morgan fingerprint density at radius 3 is 2.56 bits per heavy atom. The molecule has 0 aliphatic rings. The van der Waals surface area contributed by atoms with Crippen LogP contribution in [0.4, 0.5) is 0 Å². The van der Waals surface area contributed by atoms with Crippen LogP contribution in [0.3, 0.4) is 0 Å². The highest BCUT2D eigenvalue weighted by atomic mass is 16.4. The summed E-state index contributed by atoms with van der Waals surface area (Å²) in [6.07, 6.45) is 2.27. The normalized spacial score (nSPS) is 14.0. The molecule has 18 heavy (non-hydrogen) atoms. The van der Waals surface area contributed by atoms with Gasteiger partial charge in [0, 0.05) is 13.2 Å². The molecule has 0 aromatic carbocycles. The summed E-state index contributed by atoms with van der Waals surface area (Å²) < 4.78 is 1.53. The molecule has 0 spiro atoms. The predicted octanol–water partition coefficient (Wildman–Crippen LogP) is 0.958. The van der Waals surface area contributed by atoms with Gasteiger partial charge >= 0.3 is 5.97 Å². The Kier molecular flexibility index (Phi) is 4.47. The molecular formula is C12H19N3O3. The lowest BCUT2D eigenvalue weighted by atomic mass is 9.99. The van der Waals surface area contributed by atoms with E-state index in [1.165, 1.54) is 4.68 Å². The zero-order chi connectivity index (χ0) is 13.9. The summed E-state index contributed by atoms with van der Waals surface area (Å²) in [6, 6.07) is -0.873. The number of aliphatic carboxylic acids is 1. The summed E-state index contributed by atoms with van der Waals surface area (Å²) in [7, 11) is 1.72. The predicted molar refractivity (Wildman–Crippen MR) is 66.3 cm³/mol. The zero-order valence-electron chi connectivity index (χ0n) is 11.1. The van der Waals surface area contributed by atoms with E-state index in [0.717, 1.165) is 0 Å². The molecule has 0 saturated heterocycles. The number of amides is 1. The number of carboxylic acid groups (broad SMARTS) is 1. The monoisotopic (exact) mass is 253 g/mol. The van der Waals surface area contributed by atoms with Gasteiger partial charge in [-0.25, -0.2) is 4.79 Å².